The van der Waals surface area contributed by atoms with Crippen molar-refractivity contribution in [2.45, 2.75) is 19.3 Å². The maximum Gasteiger partial charge on any atom is 0.124 e. The molecule has 1 aliphatic heterocycles. The molecule has 3 rings (SSSR count). The van der Waals surface area contributed by atoms with Crippen molar-refractivity contribution < 1.29 is 9.47 Å². The molecule has 0 aliphatic carbocycles. The number of rotatable bonds is 3. The number of hydrogen-bond acceptors (Lipinski definition) is 3. The van der Waals surface area contributed by atoms with Crippen LogP contribution in [0.15, 0.2) is 40.9 Å². The minimum atomic E-state index is -0.214. The second kappa shape index (κ2) is 5.56. The Kier molecular flexibility index (Phi) is 3.78. The fraction of sp³-hybridized carbons (Fsp3) is 0.250. The zero-order chi connectivity index (χ0) is 14.1. The van der Waals surface area contributed by atoms with Gasteiger partial charge in [-0.3, -0.25) is 0 Å². The minimum absolute atomic E-state index is 0.214. The van der Waals surface area contributed by atoms with Crippen LogP contribution in [-0.2, 0) is 18.0 Å². The Morgan fingerprint density at radius 2 is 1.95 bits per heavy atom. The van der Waals surface area contributed by atoms with Gasteiger partial charge < -0.3 is 15.2 Å². The quantitative estimate of drug-likeness (QED) is 0.934. The highest BCUT2D eigenvalue weighted by atomic mass is 79.9. The van der Waals surface area contributed by atoms with Crippen LogP contribution >= 0.6 is 15.9 Å². The van der Waals surface area contributed by atoms with Gasteiger partial charge in [0.15, 0.2) is 0 Å². The van der Waals surface area contributed by atoms with Crippen molar-refractivity contribution >= 4 is 15.9 Å². The molecule has 0 bridgehead atoms. The molecule has 2 N–H and O–H groups in total. The number of nitrogens with two attached hydrogens (primary N) is 1. The van der Waals surface area contributed by atoms with Crippen molar-refractivity contribution in [1.82, 2.24) is 0 Å². The van der Waals surface area contributed by atoms with Gasteiger partial charge in [-0.2, -0.15) is 0 Å². The van der Waals surface area contributed by atoms with Gasteiger partial charge in [-0.1, -0.05) is 34.1 Å². The van der Waals surface area contributed by atoms with E-state index in [1.54, 1.807) is 7.11 Å². The molecule has 0 amide bonds. The molecule has 0 aromatic heterocycles. The molecule has 2 aromatic rings. The summed E-state index contributed by atoms with van der Waals surface area (Å²) in [6.07, 6.45) is 0. The highest BCUT2D eigenvalue weighted by molar-refractivity contribution is 9.10. The number of halogens is 1. The van der Waals surface area contributed by atoms with Crippen LogP contribution < -0.4 is 10.5 Å². The molecule has 104 valence electrons. The van der Waals surface area contributed by atoms with Crippen molar-refractivity contribution in [3.63, 3.8) is 0 Å². The van der Waals surface area contributed by atoms with Crippen molar-refractivity contribution in [2.75, 3.05) is 7.11 Å². The Bertz CT molecular complexity index is 642. The first-order chi connectivity index (χ1) is 9.69. The Hall–Kier alpha value is -1.36. The Labute approximate surface area is 126 Å². The van der Waals surface area contributed by atoms with Crippen LogP contribution in [-0.4, -0.2) is 7.11 Å². The molecule has 1 heterocycles. The fourth-order valence-corrected chi connectivity index (χ4v) is 2.89. The van der Waals surface area contributed by atoms with Gasteiger partial charge in [-0.15, -0.1) is 0 Å². The summed E-state index contributed by atoms with van der Waals surface area (Å²) >= 11 is 3.48. The summed E-state index contributed by atoms with van der Waals surface area (Å²) in [5.41, 5.74) is 10.9. The maximum atomic E-state index is 6.41. The summed E-state index contributed by atoms with van der Waals surface area (Å²) in [4.78, 5) is 0. The predicted molar refractivity (Wildman–Crippen MR) is 81.7 cm³/mol. The molecule has 4 heteroatoms. The molecule has 1 atom stereocenters. The SMILES string of the molecule is COc1ccc(Br)cc1C(N)c1ccc2c(c1)COC2. The van der Waals surface area contributed by atoms with Crippen LogP contribution in [0.5, 0.6) is 5.75 Å². The van der Waals surface area contributed by atoms with Gasteiger partial charge in [0.1, 0.15) is 5.75 Å². The van der Waals surface area contributed by atoms with Gasteiger partial charge in [-0.05, 0) is 34.9 Å². The monoisotopic (exact) mass is 333 g/mol. The zero-order valence-corrected chi connectivity index (χ0v) is 12.8. The van der Waals surface area contributed by atoms with Crippen molar-refractivity contribution in [2.24, 2.45) is 5.73 Å². The smallest absolute Gasteiger partial charge is 0.124 e. The first-order valence-electron chi connectivity index (χ1n) is 6.47. The summed E-state index contributed by atoms with van der Waals surface area (Å²) in [6, 6.07) is 12.0. The van der Waals surface area contributed by atoms with Crippen molar-refractivity contribution in [1.29, 1.82) is 0 Å². The minimum Gasteiger partial charge on any atom is -0.496 e. The van der Waals surface area contributed by atoms with Gasteiger partial charge in [0.2, 0.25) is 0 Å². The average Bonchev–Trinajstić information content (AvgIpc) is 2.93. The van der Waals surface area contributed by atoms with E-state index in [4.69, 9.17) is 15.2 Å². The number of ether oxygens (including phenoxy) is 2. The molecule has 0 saturated heterocycles. The average molecular weight is 334 g/mol. The first-order valence-corrected chi connectivity index (χ1v) is 7.27. The van der Waals surface area contributed by atoms with Crippen LogP contribution in [0.1, 0.15) is 28.3 Å². The van der Waals surface area contributed by atoms with E-state index in [-0.39, 0.29) is 6.04 Å². The van der Waals surface area contributed by atoms with Crippen LogP contribution in [0.2, 0.25) is 0 Å². The highest BCUT2D eigenvalue weighted by Crippen LogP contribution is 2.32. The third-order valence-electron chi connectivity index (χ3n) is 3.63. The maximum absolute atomic E-state index is 6.41. The lowest BCUT2D eigenvalue weighted by molar-refractivity contribution is 0.134. The zero-order valence-electron chi connectivity index (χ0n) is 11.2. The lowest BCUT2D eigenvalue weighted by atomic mass is 9.96. The van der Waals surface area contributed by atoms with Crippen molar-refractivity contribution in [3.05, 3.63) is 63.1 Å². The van der Waals surface area contributed by atoms with E-state index in [0.717, 1.165) is 21.3 Å². The predicted octanol–water partition coefficient (Wildman–Crippen LogP) is 3.54. The molecule has 0 fully saturated rings. The molecular formula is C16H16BrNO2. The molecule has 0 radical (unpaired) electrons. The normalized spacial score (nSPS) is 14.9. The van der Waals surface area contributed by atoms with Gasteiger partial charge >= 0.3 is 0 Å². The molecule has 1 aliphatic rings. The molecule has 0 spiro atoms. The van der Waals surface area contributed by atoms with E-state index in [9.17, 15) is 0 Å². The van der Waals surface area contributed by atoms with Crippen LogP contribution in [0.4, 0.5) is 0 Å². The van der Waals surface area contributed by atoms with Crippen LogP contribution in [0.25, 0.3) is 0 Å². The Morgan fingerprint density at radius 3 is 2.75 bits per heavy atom. The lowest BCUT2D eigenvalue weighted by Crippen LogP contribution is -2.13. The standard InChI is InChI=1S/C16H16BrNO2/c1-19-15-5-4-13(17)7-14(15)16(18)10-2-3-11-8-20-9-12(11)6-10/h2-7,16H,8-9,18H2,1H3. The van der Waals surface area contributed by atoms with Gasteiger partial charge in [0.25, 0.3) is 0 Å². The van der Waals surface area contributed by atoms with E-state index in [1.165, 1.54) is 11.1 Å². The number of methoxy groups -OCH3 is 1. The number of hydrogen-bond donors (Lipinski definition) is 1. The number of benzene rings is 2. The summed E-state index contributed by atoms with van der Waals surface area (Å²) in [6.45, 7) is 1.37. The largest absolute Gasteiger partial charge is 0.496 e. The second-order valence-corrected chi connectivity index (χ2v) is 5.80. The van der Waals surface area contributed by atoms with Gasteiger partial charge in [0.05, 0.1) is 26.4 Å². The second-order valence-electron chi connectivity index (χ2n) is 4.88. The summed E-state index contributed by atoms with van der Waals surface area (Å²) in [5, 5.41) is 0. The topological polar surface area (TPSA) is 44.5 Å². The summed E-state index contributed by atoms with van der Waals surface area (Å²) in [7, 11) is 1.66. The van der Waals surface area contributed by atoms with Crippen molar-refractivity contribution in [3.8, 4) is 5.75 Å². The molecule has 3 nitrogen and oxygen atoms in total. The van der Waals surface area contributed by atoms with E-state index < -0.39 is 0 Å². The molecule has 20 heavy (non-hydrogen) atoms. The molecule has 1 unspecified atom stereocenters. The van der Waals surface area contributed by atoms with E-state index in [2.05, 4.69) is 34.1 Å². The Morgan fingerprint density at radius 1 is 1.15 bits per heavy atom. The fourth-order valence-electron chi connectivity index (χ4n) is 2.51. The highest BCUT2D eigenvalue weighted by Gasteiger charge is 2.18. The molecule has 2 aromatic carbocycles. The number of fused-ring (bicyclic) bond motifs is 1. The van der Waals surface area contributed by atoms with Crippen LogP contribution in [0, 0.1) is 0 Å². The van der Waals surface area contributed by atoms with Crippen LogP contribution in [0.3, 0.4) is 0 Å². The molecular weight excluding hydrogens is 318 g/mol. The van der Waals surface area contributed by atoms with Gasteiger partial charge in [-0.25, -0.2) is 0 Å². The van der Waals surface area contributed by atoms with E-state index >= 15 is 0 Å². The van der Waals surface area contributed by atoms with E-state index in [0.29, 0.717) is 13.2 Å². The van der Waals surface area contributed by atoms with E-state index in [1.807, 2.05) is 18.2 Å². The summed E-state index contributed by atoms with van der Waals surface area (Å²) < 4.78 is 11.9. The third kappa shape index (κ3) is 2.46. The third-order valence-corrected chi connectivity index (χ3v) is 4.12. The summed E-state index contributed by atoms with van der Waals surface area (Å²) in [5.74, 6) is 0.803. The Balaban J connectivity index is 2.00. The van der Waals surface area contributed by atoms with Gasteiger partial charge in [0, 0.05) is 10.0 Å². The molecule has 0 saturated carbocycles. The lowest BCUT2D eigenvalue weighted by Gasteiger charge is -2.17. The first kappa shape index (κ1) is 13.6.